The monoisotopic (exact) mass is 248 g/mol. The third-order valence-electron chi connectivity index (χ3n) is 2.54. The average Bonchev–Trinajstić information content (AvgIpc) is 2.92. The molecule has 1 rings (SSSR count). The van der Waals surface area contributed by atoms with Crippen molar-refractivity contribution in [2.75, 3.05) is 19.3 Å². The van der Waals surface area contributed by atoms with Gasteiger partial charge in [0.15, 0.2) is 0 Å². The van der Waals surface area contributed by atoms with Gasteiger partial charge in [-0.3, -0.25) is 4.79 Å². The highest BCUT2D eigenvalue weighted by Gasteiger charge is 2.34. The van der Waals surface area contributed by atoms with Crippen LogP contribution in [0, 0.1) is 5.92 Å². The molecule has 5 nitrogen and oxygen atoms in total. The summed E-state index contributed by atoms with van der Waals surface area (Å²) in [6.45, 7) is 4.39. The molecule has 0 aliphatic heterocycles. The Morgan fingerprint density at radius 3 is 2.38 bits per heavy atom. The Bertz CT molecular complexity index is 347. The Kier molecular flexibility index (Phi) is 4.32. The lowest BCUT2D eigenvalue weighted by atomic mass is 10.2. The van der Waals surface area contributed by atoms with Crippen LogP contribution in [0.4, 0.5) is 0 Å². The van der Waals surface area contributed by atoms with E-state index >= 15 is 0 Å². The summed E-state index contributed by atoms with van der Waals surface area (Å²) < 4.78 is 24.4. The van der Waals surface area contributed by atoms with Crippen molar-refractivity contribution in [3.05, 3.63) is 0 Å². The molecule has 1 aliphatic carbocycles. The maximum atomic E-state index is 11.4. The van der Waals surface area contributed by atoms with Crippen molar-refractivity contribution >= 4 is 15.9 Å². The molecule has 0 aromatic heterocycles. The van der Waals surface area contributed by atoms with Gasteiger partial charge in [-0.25, -0.2) is 8.42 Å². The zero-order chi connectivity index (χ0) is 12.3. The SMILES string of the molecule is CC(C)C(=O)NCCN(C1CC1)S(C)(=O)=O. The number of rotatable bonds is 6. The standard InChI is InChI=1S/C10H20N2O3S/c1-8(2)10(13)11-6-7-12(9-4-5-9)16(3,14)15/h8-9H,4-7H2,1-3H3,(H,11,13). The first-order chi connectivity index (χ1) is 7.32. The molecule has 6 heteroatoms. The van der Waals surface area contributed by atoms with Crippen LogP contribution in [0.5, 0.6) is 0 Å². The molecule has 0 unspecified atom stereocenters. The predicted octanol–water partition coefficient (Wildman–Crippen LogP) is 0.183. The van der Waals surface area contributed by atoms with Gasteiger partial charge in [0.2, 0.25) is 15.9 Å². The lowest BCUT2D eigenvalue weighted by Crippen LogP contribution is -2.40. The predicted molar refractivity (Wildman–Crippen MR) is 62.4 cm³/mol. The second-order valence-electron chi connectivity index (χ2n) is 4.55. The van der Waals surface area contributed by atoms with Crippen molar-refractivity contribution in [3.8, 4) is 0 Å². The molecule has 0 atom stereocenters. The molecule has 0 aromatic rings. The molecule has 94 valence electrons. The molecule has 1 amide bonds. The number of carbonyl (C=O) groups is 1. The van der Waals surface area contributed by atoms with Crippen molar-refractivity contribution in [2.45, 2.75) is 32.7 Å². The zero-order valence-electron chi connectivity index (χ0n) is 10.1. The van der Waals surface area contributed by atoms with Crippen molar-refractivity contribution in [1.29, 1.82) is 0 Å². The molecule has 0 saturated heterocycles. The normalized spacial score (nSPS) is 16.8. The molecule has 0 spiro atoms. The van der Waals surface area contributed by atoms with Gasteiger partial charge in [-0.15, -0.1) is 0 Å². The molecule has 0 heterocycles. The van der Waals surface area contributed by atoms with E-state index < -0.39 is 10.0 Å². The van der Waals surface area contributed by atoms with Gasteiger partial charge < -0.3 is 5.32 Å². The van der Waals surface area contributed by atoms with Crippen LogP contribution >= 0.6 is 0 Å². The van der Waals surface area contributed by atoms with Gasteiger partial charge in [-0.1, -0.05) is 13.8 Å². The Morgan fingerprint density at radius 2 is 2.00 bits per heavy atom. The number of carbonyl (C=O) groups excluding carboxylic acids is 1. The fourth-order valence-electron chi connectivity index (χ4n) is 1.48. The molecule has 0 radical (unpaired) electrons. The molecule has 1 fully saturated rings. The second-order valence-corrected chi connectivity index (χ2v) is 6.49. The van der Waals surface area contributed by atoms with E-state index in [1.807, 2.05) is 13.8 Å². The van der Waals surface area contributed by atoms with Gasteiger partial charge in [0.1, 0.15) is 0 Å². The summed E-state index contributed by atoms with van der Waals surface area (Å²) in [6, 6.07) is 0.158. The number of nitrogens with one attached hydrogen (secondary N) is 1. The first-order valence-electron chi connectivity index (χ1n) is 5.57. The van der Waals surface area contributed by atoms with Gasteiger partial charge in [0.05, 0.1) is 6.26 Å². The fraction of sp³-hybridized carbons (Fsp3) is 0.900. The lowest BCUT2D eigenvalue weighted by Gasteiger charge is -2.19. The van der Waals surface area contributed by atoms with Crippen LogP contribution < -0.4 is 5.32 Å². The first-order valence-corrected chi connectivity index (χ1v) is 7.41. The Hall–Kier alpha value is -0.620. The third kappa shape index (κ3) is 4.09. The van der Waals surface area contributed by atoms with E-state index in [0.717, 1.165) is 12.8 Å². The summed E-state index contributed by atoms with van der Waals surface area (Å²) in [5.74, 6) is -0.100. The number of amides is 1. The molecule has 0 aromatic carbocycles. The highest BCUT2D eigenvalue weighted by atomic mass is 32.2. The molecule has 16 heavy (non-hydrogen) atoms. The van der Waals surface area contributed by atoms with Crippen molar-refractivity contribution in [2.24, 2.45) is 5.92 Å². The highest BCUT2D eigenvalue weighted by Crippen LogP contribution is 2.28. The summed E-state index contributed by atoms with van der Waals surface area (Å²) in [5, 5.41) is 2.72. The second kappa shape index (κ2) is 5.14. The third-order valence-corrected chi connectivity index (χ3v) is 3.87. The first kappa shape index (κ1) is 13.4. The van der Waals surface area contributed by atoms with E-state index in [4.69, 9.17) is 0 Å². The van der Waals surface area contributed by atoms with Gasteiger partial charge >= 0.3 is 0 Å². The largest absolute Gasteiger partial charge is 0.355 e. The number of hydrogen-bond donors (Lipinski definition) is 1. The topological polar surface area (TPSA) is 66.5 Å². The van der Waals surface area contributed by atoms with E-state index in [0.29, 0.717) is 13.1 Å². The van der Waals surface area contributed by atoms with E-state index in [1.54, 1.807) is 0 Å². The highest BCUT2D eigenvalue weighted by molar-refractivity contribution is 7.88. The quantitative estimate of drug-likeness (QED) is 0.729. The van der Waals surface area contributed by atoms with Crippen LogP contribution in [-0.2, 0) is 14.8 Å². The minimum Gasteiger partial charge on any atom is -0.355 e. The van der Waals surface area contributed by atoms with Crippen molar-refractivity contribution < 1.29 is 13.2 Å². The zero-order valence-corrected chi connectivity index (χ0v) is 10.9. The fourth-order valence-corrected chi connectivity index (χ4v) is 2.65. The van der Waals surface area contributed by atoms with Crippen LogP contribution in [0.2, 0.25) is 0 Å². The maximum absolute atomic E-state index is 11.4. The molecular formula is C10H20N2O3S. The summed E-state index contributed by atoms with van der Waals surface area (Å²) in [5.41, 5.74) is 0. The Morgan fingerprint density at radius 1 is 1.44 bits per heavy atom. The summed E-state index contributed by atoms with van der Waals surface area (Å²) >= 11 is 0. The molecule has 1 saturated carbocycles. The summed E-state index contributed by atoms with van der Waals surface area (Å²) in [7, 11) is -3.14. The van der Waals surface area contributed by atoms with Crippen molar-refractivity contribution in [3.63, 3.8) is 0 Å². The van der Waals surface area contributed by atoms with E-state index in [9.17, 15) is 13.2 Å². The van der Waals surface area contributed by atoms with Crippen LogP contribution in [0.3, 0.4) is 0 Å². The average molecular weight is 248 g/mol. The number of sulfonamides is 1. The maximum Gasteiger partial charge on any atom is 0.222 e. The van der Waals surface area contributed by atoms with Gasteiger partial charge in [0, 0.05) is 25.0 Å². The van der Waals surface area contributed by atoms with E-state index in [1.165, 1.54) is 10.6 Å². The van der Waals surface area contributed by atoms with Gasteiger partial charge in [-0.2, -0.15) is 4.31 Å². The smallest absolute Gasteiger partial charge is 0.222 e. The molecule has 1 N–H and O–H groups in total. The Balaban J connectivity index is 2.37. The lowest BCUT2D eigenvalue weighted by molar-refractivity contribution is -0.123. The molecule has 0 bridgehead atoms. The van der Waals surface area contributed by atoms with E-state index in [2.05, 4.69) is 5.32 Å². The van der Waals surface area contributed by atoms with Crippen LogP contribution in [-0.4, -0.2) is 44.0 Å². The number of hydrogen-bond acceptors (Lipinski definition) is 3. The molecule has 1 aliphatic rings. The minimum absolute atomic E-state index is 0.0377. The minimum atomic E-state index is -3.14. The summed E-state index contributed by atoms with van der Waals surface area (Å²) in [4.78, 5) is 11.3. The summed E-state index contributed by atoms with van der Waals surface area (Å²) in [6.07, 6.45) is 3.09. The number of nitrogens with zero attached hydrogens (tertiary/aromatic N) is 1. The Labute approximate surface area is 97.2 Å². The van der Waals surface area contributed by atoms with Crippen LogP contribution in [0.15, 0.2) is 0 Å². The molecular weight excluding hydrogens is 228 g/mol. The van der Waals surface area contributed by atoms with Crippen LogP contribution in [0.1, 0.15) is 26.7 Å². The van der Waals surface area contributed by atoms with Crippen LogP contribution in [0.25, 0.3) is 0 Å². The van der Waals surface area contributed by atoms with E-state index in [-0.39, 0.29) is 17.9 Å². The van der Waals surface area contributed by atoms with Gasteiger partial charge in [-0.05, 0) is 12.8 Å². The van der Waals surface area contributed by atoms with Crippen molar-refractivity contribution in [1.82, 2.24) is 9.62 Å². The van der Waals surface area contributed by atoms with Gasteiger partial charge in [0.25, 0.3) is 0 Å².